The number of esters is 1. The lowest BCUT2D eigenvalue weighted by atomic mass is 10.1. The summed E-state index contributed by atoms with van der Waals surface area (Å²) in [6.07, 6.45) is 0.353. The first-order valence-corrected chi connectivity index (χ1v) is 8.44. The van der Waals surface area contributed by atoms with E-state index in [1.165, 1.54) is 19.0 Å². The van der Waals surface area contributed by atoms with Gasteiger partial charge >= 0.3 is 5.97 Å². The monoisotopic (exact) mass is 356 g/mol. The summed E-state index contributed by atoms with van der Waals surface area (Å²) >= 11 is 0. The van der Waals surface area contributed by atoms with E-state index < -0.39 is 30.1 Å². The molecule has 1 heterocycles. The van der Waals surface area contributed by atoms with Crippen molar-refractivity contribution in [1.29, 1.82) is 0 Å². The van der Waals surface area contributed by atoms with Gasteiger partial charge in [-0.05, 0) is 25.7 Å². The van der Waals surface area contributed by atoms with Gasteiger partial charge in [0.2, 0.25) is 5.91 Å². The Hall–Kier alpha value is -2.16. The van der Waals surface area contributed by atoms with Crippen molar-refractivity contribution in [1.82, 2.24) is 21.1 Å². The number of likely N-dealkylation sites (N-methyl/N-ethyl adjacent to an activating group) is 1. The molecule has 3 N–H and O–H groups in total. The Bertz CT molecular complexity index is 523. The lowest BCUT2D eigenvalue weighted by Gasteiger charge is -2.34. The molecule has 3 amide bonds. The fourth-order valence-electron chi connectivity index (χ4n) is 2.57. The molecule has 0 aromatic heterocycles. The van der Waals surface area contributed by atoms with Gasteiger partial charge in [-0.1, -0.05) is 13.8 Å². The van der Waals surface area contributed by atoms with Crippen molar-refractivity contribution in [2.24, 2.45) is 5.92 Å². The highest BCUT2D eigenvalue weighted by Crippen LogP contribution is 2.10. The number of carbonyl (C=O) groups is 4. The number of hydrogen-bond acceptors (Lipinski definition) is 6. The molecule has 0 aliphatic carbocycles. The highest BCUT2D eigenvalue weighted by molar-refractivity contribution is 5.90. The van der Waals surface area contributed by atoms with Gasteiger partial charge in [0.05, 0.1) is 0 Å². The van der Waals surface area contributed by atoms with Crippen molar-refractivity contribution in [2.75, 3.05) is 13.6 Å². The second-order valence-electron chi connectivity index (χ2n) is 6.43. The predicted octanol–water partition coefficient (Wildman–Crippen LogP) is -0.680. The Morgan fingerprint density at radius 1 is 1.20 bits per heavy atom. The van der Waals surface area contributed by atoms with Crippen molar-refractivity contribution in [2.45, 2.75) is 58.7 Å². The van der Waals surface area contributed by atoms with Crippen LogP contribution in [0.4, 0.5) is 0 Å². The molecule has 9 nitrogen and oxygen atoms in total. The van der Waals surface area contributed by atoms with E-state index >= 15 is 0 Å². The third-order valence-electron chi connectivity index (χ3n) is 3.90. The van der Waals surface area contributed by atoms with Crippen LogP contribution in [0.1, 0.15) is 40.5 Å². The molecule has 0 radical (unpaired) electrons. The zero-order chi connectivity index (χ0) is 19.1. The Balaban J connectivity index is 2.67. The predicted molar refractivity (Wildman–Crippen MR) is 89.9 cm³/mol. The summed E-state index contributed by atoms with van der Waals surface area (Å²) in [6, 6.07) is -1.30. The quantitative estimate of drug-likeness (QED) is 0.543. The van der Waals surface area contributed by atoms with Crippen LogP contribution in [0.5, 0.6) is 0 Å². The first-order valence-electron chi connectivity index (χ1n) is 8.44. The van der Waals surface area contributed by atoms with Crippen molar-refractivity contribution < 1.29 is 23.9 Å². The van der Waals surface area contributed by atoms with E-state index in [4.69, 9.17) is 4.74 Å². The summed E-state index contributed by atoms with van der Waals surface area (Å²) in [5.74, 6) is -1.85. The average Bonchev–Trinajstić information content (AvgIpc) is 2.57. The van der Waals surface area contributed by atoms with Gasteiger partial charge in [0.25, 0.3) is 11.8 Å². The minimum Gasteiger partial charge on any atom is -0.452 e. The maximum atomic E-state index is 12.5. The molecular formula is C16H28N4O5. The number of amides is 3. The summed E-state index contributed by atoms with van der Waals surface area (Å²) in [7, 11) is 1.54. The molecule has 3 atom stereocenters. The van der Waals surface area contributed by atoms with Crippen LogP contribution < -0.4 is 16.1 Å². The summed E-state index contributed by atoms with van der Waals surface area (Å²) in [4.78, 5) is 47.7. The Morgan fingerprint density at radius 2 is 1.84 bits per heavy atom. The van der Waals surface area contributed by atoms with Gasteiger partial charge in [0.1, 0.15) is 12.1 Å². The van der Waals surface area contributed by atoms with Crippen molar-refractivity contribution in [3.05, 3.63) is 0 Å². The number of nitrogens with one attached hydrogen (secondary N) is 3. The maximum absolute atomic E-state index is 12.5. The first kappa shape index (κ1) is 20.9. The topological polar surface area (TPSA) is 117 Å². The normalized spacial score (nSPS) is 19.8. The Morgan fingerprint density at radius 3 is 2.36 bits per heavy atom. The fourth-order valence-corrected chi connectivity index (χ4v) is 2.57. The molecule has 1 aliphatic rings. The summed E-state index contributed by atoms with van der Waals surface area (Å²) < 4.78 is 5.02. The summed E-state index contributed by atoms with van der Waals surface area (Å²) in [6.45, 7) is 6.73. The number of rotatable bonds is 6. The van der Waals surface area contributed by atoms with E-state index in [-0.39, 0.29) is 17.7 Å². The van der Waals surface area contributed by atoms with Gasteiger partial charge < -0.3 is 15.4 Å². The molecule has 1 fully saturated rings. The number of ether oxygens (including phenoxy) is 1. The van der Waals surface area contributed by atoms with Crippen LogP contribution in [-0.2, 0) is 23.9 Å². The van der Waals surface area contributed by atoms with Crippen LogP contribution in [0, 0.1) is 5.92 Å². The fraction of sp³-hybridized carbons (Fsp3) is 0.750. The minimum absolute atomic E-state index is 0.191. The second kappa shape index (κ2) is 9.36. The zero-order valence-corrected chi connectivity index (χ0v) is 15.4. The van der Waals surface area contributed by atoms with Crippen molar-refractivity contribution in [3.8, 4) is 0 Å². The van der Waals surface area contributed by atoms with Gasteiger partial charge in [-0.3, -0.25) is 24.2 Å². The van der Waals surface area contributed by atoms with Gasteiger partial charge in [0.15, 0.2) is 6.10 Å². The molecule has 25 heavy (non-hydrogen) atoms. The first-order chi connectivity index (χ1) is 11.7. The molecular weight excluding hydrogens is 328 g/mol. The molecule has 0 unspecified atom stereocenters. The minimum atomic E-state index is -0.958. The average molecular weight is 356 g/mol. The Kier molecular flexibility index (Phi) is 7.82. The van der Waals surface area contributed by atoms with Gasteiger partial charge in [0, 0.05) is 20.5 Å². The van der Waals surface area contributed by atoms with Crippen molar-refractivity contribution >= 4 is 23.7 Å². The summed E-state index contributed by atoms with van der Waals surface area (Å²) in [5.41, 5.74) is 2.88. The summed E-state index contributed by atoms with van der Waals surface area (Å²) in [5, 5.41) is 6.47. The van der Waals surface area contributed by atoms with E-state index in [9.17, 15) is 19.2 Å². The van der Waals surface area contributed by atoms with E-state index in [0.29, 0.717) is 19.4 Å². The molecule has 0 saturated carbocycles. The smallest absolute Gasteiger partial charge is 0.303 e. The van der Waals surface area contributed by atoms with Crippen LogP contribution >= 0.6 is 0 Å². The lowest BCUT2D eigenvalue weighted by molar-refractivity contribution is -0.157. The van der Waals surface area contributed by atoms with Crippen LogP contribution in [-0.4, -0.2) is 60.5 Å². The molecule has 0 aromatic rings. The third-order valence-corrected chi connectivity index (χ3v) is 3.90. The van der Waals surface area contributed by atoms with Gasteiger partial charge in [-0.15, -0.1) is 0 Å². The zero-order valence-electron chi connectivity index (χ0n) is 15.4. The van der Waals surface area contributed by atoms with Crippen LogP contribution in [0.3, 0.4) is 0 Å². The van der Waals surface area contributed by atoms with Crippen molar-refractivity contribution in [3.63, 3.8) is 0 Å². The Labute approximate surface area is 147 Å². The number of hydrazine groups is 1. The molecule has 0 bridgehead atoms. The van der Waals surface area contributed by atoms with E-state index in [2.05, 4.69) is 16.1 Å². The van der Waals surface area contributed by atoms with Gasteiger partial charge in [-0.2, -0.15) is 0 Å². The van der Waals surface area contributed by atoms with E-state index in [1.807, 2.05) is 0 Å². The third kappa shape index (κ3) is 6.00. The number of carbonyl (C=O) groups excluding carboxylic acids is 4. The molecule has 0 spiro atoms. The molecule has 1 rings (SSSR count). The number of nitrogens with zero attached hydrogens (tertiary/aromatic N) is 1. The molecule has 1 saturated heterocycles. The molecule has 9 heteroatoms. The van der Waals surface area contributed by atoms with Crippen LogP contribution in [0.25, 0.3) is 0 Å². The molecule has 142 valence electrons. The highest BCUT2D eigenvalue weighted by Gasteiger charge is 2.32. The maximum Gasteiger partial charge on any atom is 0.303 e. The second-order valence-corrected chi connectivity index (χ2v) is 6.43. The SMILES string of the molecule is CNC(=O)[C@@H]1CCCN(C(=O)[C@H](C)NC(=O)[C@@H](OC(C)=O)C(C)C)N1. The molecule has 0 aromatic carbocycles. The highest BCUT2D eigenvalue weighted by atomic mass is 16.5. The van der Waals surface area contributed by atoms with Crippen LogP contribution in [0.2, 0.25) is 0 Å². The number of hydrogen-bond donors (Lipinski definition) is 3. The van der Waals surface area contributed by atoms with E-state index in [1.54, 1.807) is 20.8 Å². The van der Waals surface area contributed by atoms with Gasteiger partial charge in [-0.25, -0.2) is 5.43 Å². The largest absolute Gasteiger partial charge is 0.452 e. The van der Waals surface area contributed by atoms with E-state index in [0.717, 1.165) is 0 Å². The molecule has 1 aliphatic heterocycles. The standard InChI is InChI=1S/C16H28N4O5/c1-9(2)13(25-11(4)21)15(23)18-10(3)16(24)20-8-6-7-12(19-20)14(22)17-5/h9-10,12-13,19H,6-8H2,1-5H3,(H,17,22)(H,18,23)/t10-,12-,13-/m0/s1. The van der Waals surface area contributed by atoms with Crippen LogP contribution in [0.15, 0.2) is 0 Å². The lowest BCUT2D eigenvalue weighted by Crippen LogP contribution is -2.61.